The lowest BCUT2D eigenvalue weighted by atomic mass is 10.0. The van der Waals surface area contributed by atoms with Gasteiger partial charge in [-0.3, -0.25) is 4.79 Å². The second-order valence-corrected chi connectivity index (χ2v) is 5.16. The van der Waals surface area contributed by atoms with Gasteiger partial charge in [0.05, 0.1) is 11.6 Å². The third-order valence-corrected chi connectivity index (χ3v) is 3.39. The monoisotopic (exact) mass is 310 g/mol. The van der Waals surface area contributed by atoms with Gasteiger partial charge < -0.3 is 9.64 Å². The number of nitrogens with zero attached hydrogens (tertiary/aromatic N) is 2. The zero-order valence-electron chi connectivity index (χ0n) is 12.2. The van der Waals surface area contributed by atoms with E-state index in [1.807, 2.05) is 6.07 Å². The number of carbonyl (C=O) groups excluding carboxylic acids is 1. The van der Waals surface area contributed by atoms with Crippen LogP contribution in [0.15, 0.2) is 48.5 Å². The molecular formula is C17H14N2O2S. The predicted molar refractivity (Wildman–Crippen MR) is 87.9 cm³/mol. The summed E-state index contributed by atoms with van der Waals surface area (Å²) in [5.74, 6) is 0.379. The summed E-state index contributed by atoms with van der Waals surface area (Å²) in [6, 6.07) is 15.4. The molecule has 0 unspecified atom stereocenters. The number of ether oxygens (including phenoxy) is 1. The van der Waals surface area contributed by atoms with Crippen LogP contribution in [0, 0.1) is 11.3 Å². The molecule has 0 amide bonds. The van der Waals surface area contributed by atoms with Gasteiger partial charge in [0.25, 0.3) is 5.17 Å². The third kappa shape index (κ3) is 3.68. The maximum atomic E-state index is 12.4. The van der Waals surface area contributed by atoms with E-state index >= 15 is 0 Å². The average Bonchev–Trinajstić information content (AvgIpc) is 2.54. The van der Waals surface area contributed by atoms with Gasteiger partial charge >= 0.3 is 0 Å². The summed E-state index contributed by atoms with van der Waals surface area (Å²) < 4.78 is 5.50. The number of benzene rings is 2. The first-order chi connectivity index (χ1) is 10.5. The Morgan fingerprint density at radius 2 is 1.82 bits per heavy atom. The number of hydrogen-bond acceptors (Lipinski definition) is 4. The summed E-state index contributed by atoms with van der Waals surface area (Å²) in [5.41, 5.74) is 1.54. The Bertz CT molecular complexity index is 746. The lowest BCUT2D eigenvalue weighted by Gasteiger charge is -2.14. The minimum absolute atomic E-state index is 0.134. The quantitative estimate of drug-likeness (QED) is 0.644. The van der Waals surface area contributed by atoms with Gasteiger partial charge in [-0.05, 0) is 48.6 Å². The standard InChI is InChI=1S/C17H14N2O2S/c1-19(2)17(22)21-15-5-3-4-14(10-15)16(20)13-8-6-12(11-18)7-9-13/h3-10H,1-2H3. The van der Waals surface area contributed by atoms with Gasteiger partial charge in [0.1, 0.15) is 5.75 Å². The minimum atomic E-state index is -0.134. The summed E-state index contributed by atoms with van der Waals surface area (Å²) in [6.45, 7) is 0. The van der Waals surface area contributed by atoms with Crippen molar-refractivity contribution >= 4 is 23.2 Å². The Hall–Kier alpha value is -2.71. The van der Waals surface area contributed by atoms with Crippen LogP contribution in [0.5, 0.6) is 5.75 Å². The molecule has 0 atom stereocenters. The zero-order valence-corrected chi connectivity index (χ0v) is 13.1. The van der Waals surface area contributed by atoms with Crippen molar-refractivity contribution in [1.82, 2.24) is 4.90 Å². The molecule has 0 aliphatic heterocycles. The van der Waals surface area contributed by atoms with Crippen molar-refractivity contribution in [3.63, 3.8) is 0 Å². The van der Waals surface area contributed by atoms with Crippen LogP contribution in [0.4, 0.5) is 0 Å². The molecule has 0 aliphatic rings. The molecule has 0 N–H and O–H groups in total. The van der Waals surface area contributed by atoms with Crippen LogP contribution in [0.1, 0.15) is 21.5 Å². The van der Waals surface area contributed by atoms with Crippen molar-refractivity contribution in [1.29, 1.82) is 5.26 Å². The number of hydrogen-bond donors (Lipinski definition) is 0. The molecule has 0 radical (unpaired) electrons. The van der Waals surface area contributed by atoms with Crippen molar-refractivity contribution in [2.45, 2.75) is 0 Å². The maximum absolute atomic E-state index is 12.4. The molecule has 0 aromatic heterocycles. The molecule has 0 heterocycles. The Balaban J connectivity index is 2.23. The number of carbonyl (C=O) groups is 1. The van der Waals surface area contributed by atoms with E-state index in [0.717, 1.165) is 0 Å². The molecule has 0 aliphatic carbocycles. The van der Waals surface area contributed by atoms with Crippen molar-refractivity contribution < 1.29 is 9.53 Å². The van der Waals surface area contributed by atoms with E-state index < -0.39 is 0 Å². The fourth-order valence-electron chi connectivity index (χ4n) is 1.76. The summed E-state index contributed by atoms with van der Waals surface area (Å²) in [7, 11) is 3.57. The van der Waals surface area contributed by atoms with Crippen molar-refractivity contribution in [2.75, 3.05) is 14.1 Å². The largest absolute Gasteiger partial charge is 0.432 e. The zero-order chi connectivity index (χ0) is 16.1. The highest BCUT2D eigenvalue weighted by atomic mass is 32.1. The summed E-state index contributed by atoms with van der Waals surface area (Å²) in [5, 5.41) is 9.10. The molecule has 4 nitrogen and oxygen atoms in total. The van der Waals surface area contributed by atoms with Crippen LogP contribution >= 0.6 is 12.2 Å². The highest BCUT2D eigenvalue weighted by Gasteiger charge is 2.11. The van der Waals surface area contributed by atoms with Gasteiger partial charge in [-0.25, -0.2) is 0 Å². The molecule has 0 spiro atoms. The molecule has 5 heteroatoms. The van der Waals surface area contributed by atoms with E-state index in [9.17, 15) is 4.79 Å². The summed E-state index contributed by atoms with van der Waals surface area (Å²) >= 11 is 5.08. The van der Waals surface area contributed by atoms with Crippen LogP contribution in [-0.2, 0) is 0 Å². The van der Waals surface area contributed by atoms with Gasteiger partial charge in [0.2, 0.25) is 0 Å². The predicted octanol–water partition coefficient (Wildman–Crippen LogP) is 3.01. The molecule has 2 aromatic rings. The first-order valence-electron chi connectivity index (χ1n) is 6.55. The summed E-state index contributed by atoms with van der Waals surface area (Å²) in [4.78, 5) is 14.1. The first kappa shape index (κ1) is 15.7. The minimum Gasteiger partial charge on any atom is -0.432 e. The van der Waals surface area contributed by atoms with E-state index in [0.29, 0.717) is 27.6 Å². The molecule has 22 heavy (non-hydrogen) atoms. The average molecular weight is 310 g/mol. The van der Waals surface area contributed by atoms with E-state index in [2.05, 4.69) is 0 Å². The summed E-state index contributed by atoms with van der Waals surface area (Å²) in [6.07, 6.45) is 0. The normalized spacial score (nSPS) is 9.68. The van der Waals surface area contributed by atoms with Crippen LogP contribution < -0.4 is 4.74 Å². The van der Waals surface area contributed by atoms with Crippen LogP contribution in [0.3, 0.4) is 0 Å². The second kappa shape index (κ2) is 6.83. The van der Waals surface area contributed by atoms with Crippen molar-refractivity contribution in [3.05, 3.63) is 65.2 Å². The molecule has 2 aromatic carbocycles. The van der Waals surface area contributed by atoms with Gasteiger partial charge in [-0.15, -0.1) is 0 Å². The first-order valence-corrected chi connectivity index (χ1v) is 6.96. The van der Waals surface area contributed by atoms with Crippen molar-refractivity contribution in [2.24, 2.45) is 0 Å². The second-order valence-electron chi connectivity index (χ2n) is 4.81. The Labute approximate surface area is 134 Å². The smallest absolute Gasteiger partial charge is 0.264 e. The number of nitriles is 1. The molecule has 2 rings (SSSR count). The van der Waals surface area contributed by atoms with Crippen LogP contribution in [-0.4, -0.2) is 30.0 Å². The van der Waals surface area contributed by atoms with E-state index in [-0.39, 0.29) is 5.78 Å². The van der Waals surface area contributed by atoms with Crippen LogP contribution in [0.25, 0.3) is 0 Å². The number of thiocarbonyl (C=S) groups is 1. The Morgan fingerprint density at radius 1 is 1.14 bits per heavy atom. The SMILES string of the molecule is CN(C)C(=S)Oc1cccc(C(=O)c2ccc(C#N)cc2)c1. The third-order valence-electron chi connectivity index (χ3n) is 2.94. The molecule has 0 saturated heterocycles. The van der Waals surface area contributed by atoms with Gasteiger partial charge in [0, 0.05) is 25.2 Å². The fourth-order valence-corrected chi connectivity index (χ4v) is 1.85. The van der Waals surface area contributed by atoms with Crippen molar-refractivity contribution in [3.8, 4) is 11.8 Å². The number of ketones is 1. The molecule has 110 valence electrons. The van der Waals surface area contributed by atoms with E-state index in [1.165, 1.54) is 0 Å². The van der Waals surface area contributed by atoms with Crippen LogP contribution in [0.2, 0.25) is 0 Å². The topological polar surface area (TPSA) is 53.3 Å². The Morgan fingerprint density at radius 3 is 2.41 bits per heavy atom. The highest BCUT2D eigenvalue weighted by molar-refractivity contribution is 7.80. The van der Waals surface area contributed by atoms with Gasteiger partial charge in [-0.1, -0.05) is 12.1 Å². The molecular weight excluding hydrogens is 296 g/mol. The lowest BCUT2D eigenvalue weighted by molar-refractivity contribution is 0.103. The Kier molecular flexibility index (Phi) is 4.87. The molecule has 0 fully saturated rings. The molecule has 0 saturated carbocycles. The van der Waals surface area contributed by atoms with Gasteiger partial charge in [-0.2, -0.15) is 5.26 Å². The lowest BCUT2D eigenvalue weighted by Crippen LogP contribution is -2.25. The molecule has 0 bridgehead atoms. The fraction of sp³-hybridized carbons (Fsp3) is 0.118. The van der Waals surface area contributed by atoms with Gasteiger partial charge in [0.15, 0.2) is 5.78 Å². The highest BCUT2D eigenvalue weighted by Crippen LogP contribution is 2.17. The van der Waals surface area contributed by atoms with E-state index in [1.54, 1.807) is 67.5 Å². The number of rotatable bonds is 3. The van der Waals surface area contributed by atoms with E-state index in [4.69, 9.17) is 22.2 Å². The maximum Gasteiger partial charge on any atom is 0.264 e.